The van der Waals surface area contributed by atoms with Crippen LogP contribution in [0.15, 0.2) is 18.2 Å². The number of carbonyl (C=O) groups is 3. The molecule has 0 spiro atoms. The highest BCUT2D eigenvalue weighted by Gasteiger charge is 2.27. The smallest absolute Gasteiger partial charge is 0.319 e. The van der Waals surface area contributed by atoms with Gasteiger partial charge in [0.15, 0.2) is 0 Å². The molecule has 7 heteroatoms. The number of benzene rings is 1. The predicted molar refractivity (Wildman–Crippen MR) is 102 cm³/mol. The average Bonchev–Trinajstić information content (AvgIpc) is 3.18. The van der Waals surface area contributed by atoms with Crippen molar-refractivity contribution < 1.29 is 19.5 Å². The van der Waals surface area contributed by atoms with E-state index < -0.39 is 5.97 Å². The van der Waals surface area contributed by atoms with Crippen LogP contribution in [0.5, 0.6) is 0 Å². The van der Waals surface area contributed by atoms with Gasteiger partial charge in [-0.15, -0.1) is 0 Å². The summed E-state index contributed by atoms with van der Waals surface area (Å²) >= 11 is 0. The number of likely N-dealkylation sites (tertiary alicyclic amines) is 1. The summed E-state index contributed by atoms with van der Waals surface area (Å²) in [5.41, 5.74) is 2.15. The fourth-order valence-electron chi connectivity index (χ4n) is 3.87. The fourth-order valence-corrected chi connectivity index (χ4v) is 3.87. The second-order valence-electron chi connectivity index (χ2n) is 7.51. The second-order valence-corrected chi connectivity index (χ2v) is 7.51. The summed E-state index contributed by atoms with van der Waals surface area (Å²) in [5.74, 6) is -1.01. The van der Waals surface area contributed by atoms with Crippen molar-refractivity contribution in [3.05, 3.63) is 29.3 Å². The number of urea groups is 1. The molecule has 1 heterocycles. The number of hydrogen-bond donors (Lipinski definition) is 3. The second kappa shape index (κ2) is 8.41. The van der Waals surface area contributed by atoms with Crippen molar-refractivity contribution in [3.8, 4) is 0 Å². The molecule has 0 bridgehead atoms. The van der Waals surface area contributed by atoms with Crippen molar-refractivity contribution >= 4 is 23.6 Å². The van der Waals surface area contributed by atoms with Gasteiger partial charge >= 0.3 is 12.0 Å². The monoisotopic (exact) mass is 373 g/mol. The van der Waals surface area contributed by atoms with Crippen molar-refractivity contribution in [2.45, 2.75) is 51.5 Å². The minimum absolute atomic E-state index is 0.00285. The lowest BCUT2D eigenvalue weighted by molar-refractivity contribution is -0.142. The molecule has 3 amide bonds. The molecule has 3 rings (SSSR count). The van der Waals surface area contributed by atoms with Crippen LogP contribution in [0.3, 0.4) is 0 Å². The number of aryl methyl sites for hydroxylation is 1. The van der Waals surface area contributed by atoms with Gasteiger partial charge in [0.1, 0.15) is 0 Å². The van der Waals surface area contributed by atoms with E-state index in [9.17, 15) is 14.4 Å². The molecule has 0 radical (unpaired) electrons. The van der Waals surface area contributed by atoms with E-state index in [4.69, 9.17) is 5.11 Å². The Morgan fingerprint density at radius 1 is 1.07 bits per heavy atom. The summed E-state index contributed by atoms with van der Waals surface area (Å²) in [6.45, 7) is 3.49. The van der Waals surface area contributed by atoms with Crippen molar-refractivity contribution in [1.82, 2.24) is 10.2 Å². The molecule has 2 fully saturated rings. The maximum absolute atomic E-state index is 12.5. The third-order valence-electron chi connectivity index (χ3n) is 5.53. The van der Waals surface area contributed by atoms with Crippen molar-refractivity contribution in [2.75, 3.05) is 18.4 Å². The number of nitrogens with one attached hydrogen (secondary N) is 2. The van der Waals surface area contributed by atoms with Gasteiger partial charge in [-0.3, -0.25) is 9.59 Å². The molecule has 0 atom stereocenters. The van der Waals surface area contributed by atoms with Gasteiger partial charge in [-0.05, 0) is 69.2 Å². The third kappa shape index (κ3) is 4.78. The number of amides is 3. The molecule has 0 aromatic heterocycles. The molecule has 7 nitrogen and oxygen atoms in total. The molecule has 1 aromatic carbocycles. The number of aliphatic carboxylic acids is 1. The van der Waals surface area contributed by atoms with Crippen molar-refractivity contribution in [3.63, 3.8) is 0 Å². The first kappa shape index (κ1) is 19.2. The lowest BCUT2D eigenvalue weighted by Gasteiger charge is -2.27. The van der Waals surface area contributed by atoms with Gasteiger partial charge in [-0.2, -0.15) is 0 Å². The van der Waals surface area contributed by atoms with Crippen LogP contribution in [0, 0.1) is 12.8 Å². The molecule has 1 aliphatic carbocycles. The van der Waals surface area contributed by atoms with Crippen LogP contribution in [-0.2, 0) is 4.79 Å². The Hall–Kier alpha value is -2.57. The molecule has 1 aromatic rings. The van der Waals surface area contributed by atoms with E-state index in [1.54, 1.807) is 12.1 Å². The molecule has 0 unspecified atom stereocenters. The number of carboxylic acid groups (broad SMARTS) is 1. The van der Waals surface area contributed by atoms with Crippen LogP contribution >= 0.6 is 0 Å². The predicted octanol–water partition coefficient (Wildman–Crippen LogP) is 3.00. The highest BCUT2D eigenvalue weighted by atomic mass is 16.4. The molecular formula is C20H27N3O4. The first-order chi connectivity index (χ1) is 12.9. The molecule has 1 aliphatic heterocycles. The summed E-state index contributed by atoms with van der Waals surface area (Å²) in [5, 5.41) is 14.8. The van der Waals surface area contributed by atoms with Crippen LogP contribution in [0.4, 0.5) is 10.5 Å². The van der Waals surface area contributed by atoms with Crippen molar-refractivity contribution in [2.24, 2.45) is 5.92 Å². The number of carbonyl (C=O) groups excluding carboxylic acids is 2. The van der Waals surface area contributed by atoms with Crippen LogP contribution in [0.2, 0.25) is 0 Å². The van der Waals surface area contributed by atoms with Gasteiger partial charge in [0.2, 0.25) is 0 Å². The van der Waals surface area contributed by atoms with Crippen LogP contribution in [-0.4, -0.2) is 47.0 Å². The van der Waals surface area contributed by atoms with E-state index in [0.29, 0.717) is 36.9 Å². The molecule has 3 N–H and O–H groups in total. The third-order valence-corrected chi connectivity index (χ3v) is 5.53. The highest BCUT2D eigenvalue weighted by Crippen LogP contribution is 2.25. The van der Waals surface area contributed by atoms with E-state index >= 15 is 0 Å². The summed E-state index contributed by atoms with van der Waals surface area (Å²) in [4.78, 5) is 37.6. The quantitative estimate of drug-likeness (QED) is 0.755. The Morgan fingerprint density at radius 3 is 2.33 bits per heavy atom. The summed E-state index contributed by atoms with van der Waals surface area (Å²) in [7, 11) is 0. The van der Waals surface area contributed by atoms with Gasteiger partial charge in [0.05, 0.1) is 5.92 Å². The minimum atomic E-state index is -0.753. The number of rotatable bonds is 4. The zero-order chi connectivity index (χ0) is 19.4. The highest BCUT2D eigenvalue weighted by molar-refractivity contribution is 5.96. The van der Waals surface area contributed by atoms with Gasteiger partial charge < -0.3 is 20.6 Å². The van der Waals surface area contributed by atoms with E-state index in [0.717, 1.165) is 31.5 Å². The SMILES string of the molecule is Cc1cc(C(=O)N2CCCC2)ccc1NC(=O)NC1CCC(C(=O)O)CC1. The maximum atomic E-state index is 12.5. The van der Waals surface area contributed by atoms with Gasteiger partial charge in [-0.1, -0.05) is 0 Å². The number of nitrogens with zero attached hydrogens (tertiary/aromatic N) is 1. The molecule has 146 valence electrons. The maximum Gasteiger partial charge on any atom is 0.319 e. The summed E-state index contributed by atoms with van der Waals surface area (Å²) < 4.78 is 0. The molecule has 27 heavy (non-hydrogen) atoms. The van der Waals surface area contributed by atoms with Crippen molar-refractivity contribution in [1.29, 1.82) is 0 Å². The standard InChI is InChI=1S/C20H27N3O4/c1-13-12-15(18(24)23-10-2-3-11-23)6-9-17(13)22-20(27)21-16-7-4-14(5-8-16)19(25)26/h6,9,12,14,16H,2-5,7-8,10-11H2,1H3,(H,25,26)(H2,21,22,27). The Bertz CT molecular complexity index is 720. The number of carboxylic acids is 1. The van der Waals surface area contributed by atoms with E-state index in [1.165, 1.54) is 0 Å². The first-order valence-electron chi connectivity index (χ1n) is 9.64. The lowest BCUT2D eigenvalue weighted by Crippen LogP contribution is -2.41. The zero-order valence-electron chi connectivity index (χ0n) is 15.7. The van der Waals surface area contributed by atoms with Gasteiger partial charge in [-0.25, -0.2) is 4.79 Å². The summed E-state index contributed by atoms with van der Waals surface area (Å²) in [6.07, 6.45) is 4.64. The zero-order valence-corrected chi connectivity index (χ0v) is 15.7. The van der Waals surface area contributed by atoms with Crippen LogP contribution in [0.1, 0.15) is 54.4 Å². The molecule has 2 aliphatic rings. The Kier molecular flexibility index (Phi) is 5.98. The average molecular weight is 373 g/mol. The molecule has 1 saturated heterocycles. The van der Waals surface area contributed by atoms with E-state index in [2.05, 4.69) is 10.6 Å². The molecular weight excluding hydrogens is 346 g/mol. The normalized spacial score (nSPS) is 22.3. The van der Waals surface area contributed by atoms with Crippen LogP contribution < -0.4 is 10.6 Å². The number of hydrogen-bond acceptors (Lipinski definition) is 3. The van der Waals surface area contributed by atoms with Crippen LogP contribution in [0.25, 0.3) is 0 Å². The Morgan fingerprint density at radius 2 is 1.74 bits per heavy atom. The van der Waals surface area contributed by atoms with E-state index in [-0.39, 0.29) is 23.9 Å². The lowest BCUT2D eigenvalue weighted by atomic mass is 9.86. The van der Waals surface area contributed by atoms with Gasteiger partial charge in [0, 0.05) is 30.4 Å². The Labute approximate surface area is 159 Å². The Balaban J connectivity index is 1.53. The van der Waals surface area contributed by atoms with E-state index in [1.807, 2.05) is 17.9 Å². The summed E-state index contributed by atoms with van der Waals surface area (Å²) in [6, 6.07) is 5.03. The number of anilines is 1. The fraction of sp³-hybridized carbons (Fsp3) is 0.550. The first-order valence-corrected chi connectivity index (χ1v) is 9.64. The molecule has 1 saturated carbocycles. The minimum Gasteiger partial charge on any atom is -0.481 e. The largest absolute Gasteiger partial charge is 0.481 e. The van der Waals surface area contributed by atoms with Gasteiger partial charge in [0.25, 0.3) is 5.91 Å². The topological polar surface area (TPSA) is 98.7 Å².